The maximum Gasteiger partial charge on any atom is 0.213 e. The van der Waals surface area contributed by atoms with Crippen LogP contribution in [-0.4, -0.2) is 44.3 Å². The Morgan fingerprint density at radius 1 is 1.26 bits per heavy atom. The van der Waals surface area contributed by atoms with Crippen molar-refractivity contribution in [2.45, 2.75) is 20.0 Å². The van der Waals surface area contributed by atoms with Gasteiger partial charge in [0.2, 0.25) is 10.0 Å². The Labute approximate surface area is 114 Å². The van der Waals surface area contributed by atoms with Gasteiger partial charge in [0.05, 0.1) is 19.0 Å². The molecule has 0 saturated heterocycles. The number of nitrogens with zero attached hydrogens (tertiary/aromatic N) is 1. The minimum absolute atomic E-state index is 0.0347. The minimum Gasteiger partial charge on any atom is -0.494 e. The summed E-state index contributed by atoms with van der Waals surface area (Å²) < 4.78 is 29.8. The molecule has 1 rings (SSSR count). The number of hydrogen-bond donors (Lipinski definition) is 1. The second kappa shape index (κ2) is 6.88. The van der Waals surface area contributed by atoms with E-state index in [1.165, 1.54) is 18.4 Å². The number of aliphatic hydroxyl groups excluding tert-OH is 1. The summed E-state index contributed by atoms with van der Waals surface area (Å²) >= 11 is 0. The van der Waals surface area contributed by atoms with Gasteiger partial charge in [-0.2, -0.15) is 0 Å². The largest absolute Gasteiger partial charge is 0.494 e. The van der Waals surface area contributed by atoms with Crippen LogP contribution >= 0.6 is 0 Å². The van der Waals surface area contributed by atoms with Gasteiger partial charge in [0.15, 0.2) is 0 Å². The number of rotatable bonds is 7. The van der Waals surface area contributed by atoms with E-state index in [0.717, 1.165) is 11.1 Å². The van der Waals surface area contributed by atoms with E-state index in [1.54, 1.807) is 6.07 Å². The Hall–Kier alpha value is -1.11. The van der Waals surface area contributed by atoms with Crippen LogP contribution in [0.5, 0.6) is 5.75 Å². The van der Waals surface area contributed by atoms with E-state index in [4.69, 9.17) is 9.84 Å². The fourth-order valence-electron chi connectivity index (χ4n) is 1.61. The molecule has 0 fully saturated rings. The van der Waals surface area contributed by atoms with Gasteiger partial charge >= 0.3 is 0 Å². The number of sulfonamides is 1. The highest BCUT2D eigenvalue weighted by Crippen LogP contribution is 2.17. The van der Waals surface area contributed by atoms with E-state index in [9.17, 15) is 8.42 Å². The van der Waals surface area contributed by atoms with Crippen molar-refractivity contribution in [2.75, 3.05) is 26.5 Å². The van der Waals surface area contributed by atoms with Crippen molar-refractivity contribution in [3.8, 4) is 5.75 Å². The van der Waals surface area contributed by atoms with Crippen molar-refractivity contribution in [1.29, 1.82) is 0 Å². The zero-order valence-corrected chi connectivity index (χ0v) is 12.4. The molecule has 0 aliphatic heterocycles. The van der Waals surface area contributed by atoms with Crippen molar-refractivity contribution in [3.05, 3.63) is 29.3 Å². The highest BCUT2D eigenvalue weighted by atomic mass is 32.2. The van der Waals surface area contributed by atoms with Gasteiger partial charge in [0.1, 0.15) is 5.75 Å². The average Bonchev–Trinajstić information content (AvgIpc) is 2.33. The van der Waals surface area contributed by atoms with Gasteiger partial charge in [0.25, 0.3) is 0 Å². The number of aryl methyl sites for hydroxylation is 1. The van der Waals surface area contributed by atoms with Crippen molar-refractivity contribution in [3.63, 3.8) is 0 Å². The van der Waals surface area contributed by atoms with Gasteiger partial charge in [-0.05, 0) is 36.6 Å². The van der Waals surface area contributed by atoms with Crippen LogP contribution in [0.15, 0.2) is 18.2 Å². The van der Waals surface area contributed by atoms with E-state index >= 15 is 0 Å². The Bertz CT molecular complexity index is 511. The molecule has 0 aromatic heterocycles. The highest BCUT2D eigenvalue weighted by Gasteiger charge is 2.12. The first-order valence-electron chi connectivity index (χ1n) is 6.09. The summed E-state index contributed by atoms with van der Waals surface area (Å²) in [6, 6.07) is 5.50. The summed E-state index contributed by atoms with van der Waals surface area (Å²) in [4.78, 5) is 0. The number of hydrogen-bond acceptors (Lipinski definition) is 4. The maximum atomic E-state index is 11.5. The molecular weight excluding hydrogens is 266 g/mol. The number of aliphatic hydroxyl groups is 1. The van der Waals surface area contributed by atoms with E-state index in [2.05, 4.69) is 0 Å². The third-order valence-electron chi connectivity index (χ3n) is 2.66. The molecule has 6 heteroatoms. The Morgan fingerprint density at radius 2 is 1.95 bits per heavy atom. The van der Waals surface area contributed by atoms with Crippen molar-refractivity contribution < 1.29 is 18.3 Å². The lowest BCUT2D eigenvalue weighted by Crippen LogP contribution is -2.25. The first kappa shape index (κ1) is 15.9. The molecule has 0 amide bonds. The molecule has 0 aliphatic carbocycles. The van der Waals surface area contributed by atoms with Gasteiger partial charge in [-0.3, -0.25) is 0 Å². The lowest BCUT2D eigenvalue weighted by atomic mass is 10.1. The second-order valence-electron chi connectivity index (χ2n) is 4.61. The van der Waals surface area contributed by atoms with Crippen molar-refractivity contribution in [2.24, 2.45) is 0 Å². The summed E-state index contributed by atoms with van der Waals surface area (Å²) in [6.07, 6.45) is 0.433. The second-order valence-corrected chi connectivity index (χ2v) is 6.92. The van der Waals surface area contributed by atoms with Crippen LogP contribution in [0.1, 0.15) is 17.5 Å². The van der Waals surface area contributed by atoms with Crippen LogP contribution in [0.3, 0.4) is 0 Å². The van der Waals surface area contributed by atoms with Crippen molar-refractivity contribution in [1.82, 2.24) is 4.31 Å². The van der Waals surface area contributed by atoms with Gasteiger partial charge in [-0.1, -0.05) is 6.07 Å². The van der Waals surface area contributed by atoms with Gasteiger partial charge in [-0.25, -0.2) is 12.7 Å². The number of ether oxygens (including phenoxy) is 1. The van der Waals surface area contributed by atoms with E-state index < -0.39 is 10.0 Å². The van der Waals surface area contributed by atoms with Crippen LogP contribution in [-0.2, 0) is 16.6 Å². The lowest BCUT2D eigenvalue weighted by molar-refractivity contribution is 0.279. The first-order chi connectivity index (χ1) is 8.85. The standard InChI is InChI=1S/C13H21NO4S/c1-11-7-12(10-15)9-13(8-11)18-5-4-6-19(16,17)14(2)3/h7-9,15H,4-6,10H2,1-3H3. The Kier molecular flexibility index (Phi) is 5.78. The molecule has 0 unspecified atom stereocenters. The first-order valence-corrected chi connectivity index (χ1v) is 7.70. The van der Waals surface area contributed by atoms with Crippen LogP contribution < -0.4 is 4.74 Å². The summed E-state index contributed by atoms with van der Waals surface area (Å²) in [5.41, 5.74) is 1.79. The minimum atomic E-state index is -3.16. The molecule has 1 aromatic carbocycles. The van der Waals surface area contributed by atoms with Gasteiger partial charge < -0.3 is 9.84 Å². The molecule has 0 aliphatic rings. The molecular formula is C13H21NO4S. The number of benzene rings is 1. The van der Waals surface area contributed by atoms with E-state index in [-0.39, 0.29) is 12.4 Å². The van der Waals surface area contributed by atoms with Crippen LogP contribution in [0, 0.1) is 6.92 Å². The highest BCUT2D eigenvalue weighted by molar-refractivity contribution is 7.89. The van der Waals surface area contributed by atoms with Crippen LogP contribution in [0.4, 0.5) is 0 Å². The van der Waals surface area contributed by atoms with E-state index in [0.29, 0.717) is 18.8 Å². The smallest absolute Gasteiger partial charge is 0.213 e. The molecule has 0 bridgehead atoms. The van der Waals surface area contributed by atoms with Crippen molar-refractivity contribution >= 4 is 10.0 Å². The predicted molar refractivity (Wildman–Crippen MR) is 74.7 cm³/mol. The predicted octanol–water partition coefficient (Wildman–Crippen LogP) is 1.15. The summed E-state index contributed by atoms with van der Waals surface area (Å²) in [6.45, 7) is 2.22. The zero-order valence-electron chi connectivity index (χ0n) is 11.6. The third kappa shape index (κ3) is 5.18. The van der Waals surface area contributed by atoms with Gasteiger partial charge in [0, 0.05) is 14.1 Å². The molecule has 19 heavy (non-hydrogen) atoms. The molecule has 5 nitrogen and oxygen atoms in total. The molecule has 108 valence electrons. The lowest BCUT2D eigenvalue weighted by Gasteiger charge is -2.12. The van der Waals surface area contributed by atoms with E-state index in [1.807, 2.05) is 19.1 Å². The Balaban J connectivity index is 2.48. The summed E-state index contributed by atoms with van der Waals surface area (Å²) in [7, 11) is -0.124. The monoisotopic (exact) mass is 287 g/mol. The third-order valence-corrected chi connectivity index (χ3v) is 4.58. The molecule has 0 heterocycles. The average molecular weight is 287 g/mol. The topological polar surface area (TPSA) is 66.8 Å². The molecule has 1 aromatic rings. The molecule has 0 saturated carbocycles. The fraction of sp³-hybridized carbons (Fsp3) is 0.538. The normalized spacial score (nSPS) is 11.8. The maximum absolute atomic E-state index is 11.5. The van der Waals surface area contributed by atoms with Gasteiger partial charge in [-0.15, -0.1) is 0 Å². The zero-order chi connectivity index (χ0) is 14.5. The van der Waals surface area contributed by atoms with Crippen LogP contribution in [0.25, 0.3) is 0 Å². The molecule has 0 atom stereocenters. The fourth-order valence-corrected chi connectivity index (χ4v) is 2.46. The summed E-state index contributed by atoms with van der Waals surface area (Å²) in [5, 5.41) is 9.09. The SMILES string of the molecule is Cc1cc(CO)cc(OCCCS(=O)(=O)N(C)C)c1. The molecule has 0 spiro atoms. The summed E-state index contributed by atoms with van der Waals surface area (Å²) in [5.74, 6) is 0.727. The molecule has 1 N–H and O–H groups in total. The Morgan fingerprint density at radius 3 is 2.53 bits per heavy atom. The van der Waals surface area contributed by atoms with Crippen LogP contribution in [0.2, 0.25) is 0 Å². The quantitative estimate of drug-likeness (QED) is 0.764. The molecule has 0 radical (unpaired) electrons.